The second kappa shape index (κ2) is 4.85. The second-order valence-electron chi connectivity index (χ2n) is 5.60. The fraction of sp³-hybridized carbons (Fsp3) is 0.533. The zero-order valence-electron chi connectivity index (χ0n) is 11.2. The molecule has 2 atom stereocenters. The number of benzene rings is 1. The number of carbonyl (C=O) groups is 1. The summed E-state index contributed by atoms with van der Waals surface area (Å²) in [4.78, 5) is 13.4. The fourth-order valence-corrected chi connectivity index (χ4v) is 3.32. The first-order chi connectivity index (χ1) is 9.16. The fourth-order valence-electron chi connectivity index (χ4n) is 3.32. The van der Waals surface area contributed by atoms with Gasteiger partial charge < -0.3 is 15.3 Å². The molecule has 2 aliphatic heterocycles. The van der Waals surface area contributed by atoms with Gasteiger partial charge in [-0.3, -0.25) is 4.79 Å². The molecule has 2 aliphatic rings. The van der Waals surface area contributed by atoms with Gasteiger partial charge >= 0.3 is 5.97 Å². The summed E-state index contributed by atoms with van der Waals surface area (Å²) in [6.07, 6.45) is 2.98. The Balaban J connectivity index is 1.90. The van der Waals surface area contributed by atoms with Crippen molar-refractivity contribution in [3.8, 4) is 0 Å². The number of nitrogens with one attached hydrogen (secondary N) is 1. The van der Waals surface area contributed by atoms with Crippen LogP contribution in [0.5, 0.6) is 0 Å². The molecule has 4 heteroatoms. The third-order valence-electron chi connectivity index (χ3n) is 4.37. The molecule has 0 radical (unpaired) electrons. The lowest BCUT2D eigenvalue weighted by Gasteiger charge is -2.30. The molecule has 19 heavy (non-hydrogen) atoms. The van der Waals surface area contributed by atoms with Crippen molar-refractivity contribution in [1.82, 2.24) is 5.32 Å². The molecule has 1 aromatic carbocycles. The van der Waals surface area contributed by atoms with E-state index in [-0.39, 0.29) is 12.0 Å². The van der Waals surface area contributed by atoms with Gasteiger partial charge in [-0.15, -0.1) is 0 Å². The van der Waals surface area contributed by atoms with Crippen LogP contribution in [0.4, 0.5) is 5.69 Å². The maximum Gasteiger partial charge on any atom is 0.307 e. The van der Waals surface area contributed by atoms with Gasteiger partial charge in [-0.2, -0.15) is 0 Å². The highest BCUT2D eigenvalue weighted by Gasteiger charge is 2.32. The second-order valence-corrected chi connectivity index (χ2v) is 5.60. The average Bonchev–Trinajstić information content (AvgIpc) is 2.88. The molecule has 1 fully saturated rings. The van der Waals surface area contributed by atoms with Crippen molar-refractivity contribution in [3.63, 3.8) is 0 Å². The van der Waals surface area contributed by atoms with Gasteiger partial charge in [0.2, 0.25) is 0 Å². The molecule has 102 valence electrons. The van der Waals surface area contributed by atoms with Gasteiger partial charge in [0.25, 0.3) is 0 Å². The first-order valence-electron chi connectivity index (χ1n) is 6.96. The van der Waals surface area contributed by atoms with Crippen molar-refractivity contribution in [2.24, 2.45) is 5.92 Å². The monoisotopic (exact) mass is 260 g/mol. The third-order valence-corrected chi connectivity index (χ3v) is 4.37. The highest BCUT2D eigenvalue weighted by atomic mass is 16.4. The molecule has 2 heterocycles. The molecular formula is C15H20N2O2. The van der Waals surface area contributed by atoms with Gasteiger partial charge in [-0.05, 0) is 36.5 Å². The molecule has 4 nitrogen and oxygen atoms in total. The molecule has 0 saturated carbocycles. The molecule has 0 amide bonds. The van der Waals surface area contributed by atoms with Gasteiger partial charge in [0, 0.05) is 31.9 Å². The zero-order chi connectivity index (χ0) is 13.4. The van der Waals surface area contributed by atoms with Gasteiger partial charge in [0.1, 0.15) is 0 Å². The van der Waals surface area contributed by atoms with Gasteiger partial charge in [-0.25, -0.2) is 0 Å². The van der Waals surface area contributed by atoms with Crippen LogP contribution in [0, 0.1) is 5.92 Å². The summed E-state index contributed by atoms with van der Waals surface area (Å²) < 4.78 is 0. The smallest absolute Gasteiger partial charge is 0.307 e. The number of hydrogen-bond acceptors (Lipinski definition) is 3. The molecule has 1 aromatic rings. The van der Waals surface area contributed by atoms with Crippen LogP contribution in [0.25, 0.3) is 0 Å². The third kappa shape index (κ3) is 2.21. The summed E-state index contributed by atoms with van der Waals surface area (Å²) in [6, 6.07) is 6.61. The maximum atomic E-state index is 11.1. The number of carboxylic acids is 1. The Hall–Kier alpha value is -1.55. The Morgan fingerprint density at radius 2 is 2.32 bits per heavy atom. The van der Waals surface area contributed by atoms with Crippen LogP contribution in [-0.2, 0) is 11.2 Å². The summed E-state index contributed by atoms with van der Waals surface area (Å²) in [6.45, 7) is 1.69. The summed E-state index contributed by atoms with van der Waals surface area (Å²) in [5.41, 5.74) is 4.01. The minimum Gasteiger partial charge on any atom is -0.481 e. The Labute approximate surface area is 113 Å². The first kappa shape index (κ1) is 12.5. The molecule has 0 aromatic heterocycles. The molecule has 0 spiro atoms. The van der Waals surface area contributed by atoms with Crippen molar-refractivity contribution < 1.29 is 9.90 Å². The van der Waals surface area contributed by atoms with Crippen LogP contribution in [-0.4, -0.2) is 31.2 Å². The first-order valence-corrected chi connectivity index (χ1v) is 6.96. The molecule has 2 N–H and O–H groups in total. The van der Waals surface area contributed by atoms with Gasteiger partial charge in [0.15, 0.2) is 0 Å². The minimum absolute atomic E-state index is 0.197. The van der Waals surface area contributed by atoms with Crippen LogP contribution >= 0.6 is 0 Å². The topological polar surface area (TPSA) is 52.6 Å². The van der Waals surface area contributed by atoms with Crippen LogP contribution in [0.2, 0.25) is 0 Å². The Morgan fingerprint density at radius 3 is 3.05 bits per heavy atom. The van der Waals surface area contributed by atoms with E-state index >= 15 is 0 Å². The summed E-state index contributed by atoms with van der Waals surface area (Å²) in [7, 11) is 2.13. The summed E-state index contributed by atoms with van der Waals surface area (Å²) in [5.74, 6) is -0.931. The normalized spacial score (nSPS) is 26.3. The Bertz CT molecular complexity index is 501. The van der Waals surface area contributed by atoms with Crippen molar-refractivity contribution >= 4 is 11.7 Å². The van der Waals surface area contributed by atoms with Crippen molar-refractivity contribution in [2.45, 2.75) is 25.3 Å². The molecule has 1 saturated heterocycles. The SMILES string of the molecule is CN1CCCc2c(C3CC(C(=O)O)CN3)cccc21. The van der Waals surface area contributed by atoms with E-state index in [2.05, 4.69) is 35.5 Å². The van der Waals surface area contributed by atoms with E-state index in [1.165, 1.54) is 23.2 Å². The average molecular weight is 260 g/mol. The zero-order valence-corrected chi connectivity index (χ0v) is 11.2. The van der Waals surface area contributed by atoms with Gasteiger partial charge in [0.05, 0.1) is 5.92 Å². The maximum absolute atomic E-state index is 11.1. The number of hydrogen-bond donors (Lipinski definition) is 2. The van der Waals surface area contributed by atoms with Crippen molar-refractivity contribution in [2.75, 3.05) is 25.0 Å². The number of anilines is 1. The van der Waals surface area contributed by atoms with E-state index in [1.54, 1.807) is 0 Å². The number of rotatable bonds is 2. The summed E-state index contributed by atoms with van der Waals surface area (Å²) in [5, 5.41) is 12.5. The Kier molecular flexibility index (Phi) is 3.19. The van der Waals surface area contributed by atoms with E-state index in [0.29, 0.717) is 13.0 Å². The standard InChI is InChI=1S/C15H20N2O2/c1-17-7-3-5-12-11(4-2-6-14(12)17)13-8-10(9-16-13)15(18)19/h2,4,6,10,13,16H,3,5,7-9H2,1H3,(H,18,19). The number of fused-ring (bicyclic) bond motifs is 1. The molecule has 0 bridgehead atoms. The number of nitrogens with zero attached hydrogens (tertiary/aromatic N) is 1. The van der Waals surface area contributed by atoms with Crippen molar-refractivity contribution in [3.05, 3.63) is 29.3 Å². The lowest BCUT2D eigenvalue weighted by atomic mass is 9.90. The predicted molar refractivity (Wildman–Crippen MR) is 74.5 cm³/mol. The molecule has 0 aliphatic carbocycles. The van der Waals surface area contributed by atoms with Gasteiger partial charge in [-0.1, -0.05) is 12.1 Å². The Morgan fingerprint density at radius 1 is 1.47 bits per heavy atom. The van der Waals surface area contributed by atoms with E-state index in [1.807, 2.05) is 0 Å². The van der Waals surface area contributed by atoms with Crippen LogP contribution < -0.4 is 10.2 Å². The van der Waals surface area contributed by atoms with E-state index < -0.39 is 5.97 Å². The number of carboxylic acid groups (broad SMARTS) is 1. The number of aliphatic carboxylic acids is 1. The summed E-state index contributed by atoms with van der Waals surface area (Å²) >= 11 is 0. The quantitative estimate of drug-likeness (QED) is 0.851. The van der Waals surface area contributed by atoms with Crippen LogP contribution in [0.3, 0.4) is 0 Å². The molecular weight excluding hydrogens is 240 g/mol. The molecule has 2 unspecified atom stereocenters. The predicted octanol–water partition coefficient (Wildman–Crippen LogP) is 1.80. The van der Waals surface area contributed by atoms with E-state index in [4.69, 9.17) is 5.11 Å². The van der Waals surface area contributed by atoms with Crippen LogP contribution in [0.15, 0.2) is 18.2 Å². The lowest BCUT2D eigenvalue weighted by molar-refractivity contribution is -0.141. The van der Waals surface area contributed by atoms with E-state index in [9.17, 15) is 4.79 Å². The lowest BCUT2D eigenvalue weighted by Crippen LogP contribution is -2.26. The highest BCUT2D eigenvalue weighted by Crippen LogP contribution is 2.36. The largest absolute Gasteiger partial charge is 0.481 e. The highest BCUT2D eigenvalue weighted by molar-refractivity contribution is 5.71. The van der Waals surface area contributed by atoms with Crippen molar-refractivity contribution in [1.29, 1.82) is 0 Å². The minimum atomic E-state index is -0.683. The molecule has 3 rings (SSSR count). The van der Waals surface area contributed by atoms with E-state index in [0.717, 1.165) is 13.0 Å². The van der Waals surface area contributed by atoms with Crippen LogP contribution in [0.1, 0.15) is 30.0 Å².